The number of benzene rings is 1. The van der Waals surface area contributed by atoms with Crippen LogP contribution in [0.3, 0.4) is 0 Å². The molecule has 0 spiro atoms. The van der Waals surface area contributed by atoms with Crippen molar-refractivity contribution in [1.82, 2.24) is 14.5 Å². The van der Waals surface area contributed by atoms with E-state index < -0.39 is 0 Å². The molecule has 126 valence electrons. The molecular formula is C19H17ClN4S. The van der Waals surface area contributed by atoms with E-state index in [4.69, 9.17) is 11.6 Å². The van der Waals surface area contributed by atoms with Gasteiger partial charge in [0.05, 0.1) is 5.56 Å². The number of fused-ring (bicyclic) bond motifs is 3. The van der Waals surface area contributed by atoms with Crippen LogP contribution in [0.1, 0.15) is 36.1 Å². The SMILES string of the molecule is N#Cc1c2n(c3c(SCc4ccc(Cl)cc4)ncnc13)CCCCC2. The largest absolute Gasteiger partial charge is 0.340 e. The van der Waals surface area contributed by atoms with Crippen LogP contribution in [0.5, 0.6) is 0 Å². The summed E-state index contributed by atoms with van der Waals surface area (Å²) >= 11 is 7.65. The van der Waals surface area contributed by atoms with Gasteiger partial charge in [-0.3, -0.25) is 0 Å². The Balaban J connectivity index is 1.75. The average molecular weight is 369 g/mol. The fourth-order valence-electron chi connectivity index (χ4n) is 3.40. The molecule has 0 fully saturated rings. The van der Waals surface area contributed by atoms with Crippen LogP contribution in [-0.2, 0) is 18.7 Å². The highest BCUT2D eigenvalue weighted by Gasteiger charge is 2.22. The van der Waals surface area contributed by atoms with Crippen LogP contribution in [0.2, 0.25) is 5.02 Å². The van der Waals surface area contributed by atoms with Gasteiger partial charge in [0.1, 0.15) is 28.5 Å². The van der Waals surface area contributed by atoms with Gasteiger partial charge in [0, 0.05) is 23.0 Å². The summed E-state index contributed by atoms with van der Waals surface area (Å²) in [4.78, 5) is 8.95. The van der Waals surface area contributed by atoms with Crippen molar-refractivity contribution in [2.24, 2.45) is 0 Å². The summed E-state index contributed by atoms with van der Waals surface area (Å²) in [5.74, 6) is 0.811. The molecular weight excluding hydrogens is 352 g/mol. The van der Waals surface area contributed by atoms with Gasteiger partial charge in [-0.05, 0) is 37.0 Å². The smallest absolute Gasteiger partial charge is 0.124 e. The summed E-state index contributed by atoms with van der Waals surface area (Å²) in [5.41, 5.74) is 4.88. The molecule has 0 amide bonds. The topological polar surface area (TPSA) is 54.5 Å². The Kier molecular flexibility index (Phi) is 4.65. The number of thioether (sulfide) groups is 1. The zero-order valence-electron chi connectivity index (χ0n) is 13.7. The van der Waals surface area contributed by atoms with Crippen LogP contribution in [0, 0.1) is 11.3 Å². The van der Waals surface area contributed by atoms with E-state index in [0.717, 1.165) is 63.9 Å². The third-order valence-electron chi connectivity index (χ3n) is 4.61. The van der Waals surface area contributed by atoms with E-state index in [1.165, 1.54) is 12.0 Å². The quantitative estimate of drug-likeness (QED) is 0.483. The first-order valence-electron chi connectivity index (χ1n) is 8.41. The Morgan fingerprint density at radius 3 is 2.80 bits per heavy atom. The summed E-state index contributed by atoms with van der Waals surface area (Å²) in [6.07, 6.45) is 5.99. The summed E-state index contributed by atoms with van der Waals surface area (Å²) in [7, 11) is 0. The molecule has 6 heteroatoms. The number of aromatic nitrogens is 3. The van der Waals surface area contributed by atoms with Gasteiger partial charge in [-0.25, -0.2) is 9.97 Å². The summed E-state index contributed by atoms with van der Waals surface area (Å²) in [6.45, 7) is 0.940. The van der Waals surface area contributed by atoms with E-state index in [1.807, 2.05) is 24.3 Å². The fourth-order valence-corrected chi connectivity index (χ4v) is 4.48. The monoisotopic (exact) mass is 368 g/mol. The Morgan fingerprint density at radius 1 is 1.16 bits per heavy atom. The van der Waals surface area contributed by atoms with Crippen molar-refractivity contribution in [1.29, 1.82) is 5.26 Å². The molecule has 4 nitrogen and oxygen atoms in total. The average Bonchev–Trinajstić information content (AvgIpc) is 2.78. The van der Waals surface area contributed by atoms with Gasteiger partial charge in [-0.1, -0.05) is 41.9 Å². The lowest BCUT2D eigenvalue weighted by molar-refractivity contribution is 0.645. The van der Waals surface area contributed by atoms with Crippen LogP contribution in [-0.4, -0.2) is 14.5 Å². The molecule has 0 bridgehead atoms. The molecule has 0 unspecified atom stereocenters. The van der Waals surface area contributed by atoms with Crippen molar-refractivity contribution < 1.29 is 0 Å². The predicted octanol–water partition coefficient (Wildman–Crippen LogP) is 4.98. The lowest BCUT2D eigenvalue weighted by Crippen LogP contribution is -2.02. The highest BCUT2D eigenvalue weighted by atomic mass is 35.5. The van der Waals surface area contributed by atoms with Crippen molar-refractivity contribution >= 4 is 34.4 Å². The number of nitriles is 1. The summed E-state index contributed by atoms with van der Waals surface area (Å²) in [6, 6.07) is 10.3. The molecule has 4 rings (SSSR count). The Bertz CT molecular complexity index is 956. The van der Waals surface area contributed by atoms with Crippen molar-refractivity contribution in [3.05, 3.63) is 52.4 Å². The lowest BCUT2D eigenvalue weighted by Gasteiger charge is -2.09. The maximum Gasteiger partial charge on any atom is 0.124 e. The number of nitrogens with zero attached hydrogens (tertiary/aromatic N) is 4. The van der Waals surface area contributed by atoms with Gasteiger partial charge in [0.15, 0.2) is 0 Å². The zero-order chi connectivity index (χ0) is 17.2. The minimum atomic E-state index is 0.729. The lowest BCUT2D eigenvalue weighted by atomic mass is 10.1. The summed E-state index contributed by atoms with van der Waals surface area (Å²) < 4.78 is 2.28. The first-order chi connectivity index (χ1) is 12.3. The second-order valence-corrected chi connectivity index (χ2v) is 7.59. The first-order valence-corrected chi connectivity index (χ1v) is 9.77. The minimum Gasteiger partial charge on any atom is -0.340 e. The number of rotatable bonds is 3. The maximum absolute atomic E-state index is 9.65. The molecule has 0 saturated carbocycles. The Labute approximate surface area is 155 Å². The molecule has 3 aromatic rings. The second-order valence-electron chi connectivity index (χ2n) is 6.19. The normalized spacial score (nSPS) is 14.1. The van der Waals surface area contributed by atoms with E-state index in [0.29, 0.717) is 0 Å². The second kappa shape index (κ2) is 7.07. The highest BCUT2D eigenvalue weighted by Crippen LogP contribution is 2.34. The summed E-state index contributed by atoms with van der Waals surface area (Å²) in [5, 5.41) is 11.3. The third-order valence-corrected chi connectivity index (χ3v) is 5.91. The van der Waals surface area contributed by atoms with Gasteiger partial charge in [0.2, 0.25) is 0 Å². The molecule has 0 atom stereocenters. The molecule has 0 aliphatic carbocycles. The Hall–Kier alpha value is -2.03. The zero-order valence-corrected chi connectivity index (χ0v) is 15.3. The van der Waals surface area contributed by atoms with Gasteiger partial charge in [-0.15, -0.1) is 0 Å². The van der Waals surface area contributed by atoms with Crippen molar-refractivity contribution in [2.75, 3.05) is 0 Å². The van der Waals surface area contributed by atoms with Crippen LogP contribution in [0.25, 0.3) is 11.0 Å². The van der Waals surface area contributed by atoms with E-state index >= 15 is 0 Å². The predicted molar refractivity (Wildman–Crippen MR) is 101 cm³/mol. The van der Waals surface area contributed by atoms with E-state index in [-0.39, 0.29) is 0 Å². The number of hydrogen-bond donors (Lipinski definition) is 0. The number of hydrogen-bond acceptors (Lipinski definition) is 4. The maximum atomic E-state index is 9.65. The van der Waals surface area contributed by atoms with Crippen LogP contribution >= 0.6 is 23.4 Å². The fraction of sp³-hybridized carbons (Fsp3) is 0.316. The molecule has 1 aromatic carbocycles. The molecule has 3 heterocycles. The molecule has 1 aliphatic rings. The van der Waals surface area contributed by atoms with E-state index in [1.54, 1.807) is 18.1 Å². The highest BCUT2D eigenvalue weighted by molar-refractivity contribution is 7.98. The van der Waals surface area contributed by atoms with Crippen LogP contribution in [0.4, 0.5) is 0 Å². The van der Waals surface area contributed by atoms with Crippen LogP contribution < -0.4 is 0 Å². The molecule has 0 radical (unpaired) electrons. The van der Waals surface area contributed by atoms with Crippen LogP contribution in [0.15, 0.2) is 35.6 Å². The Morgan fingerprint density at radius 2 is 2.00 bits per heavy atom. The first kappa shape index (κ1) is 16.4. The molecule has 0 N–H and O–H groups in total. The van der Waals surface area contributed by atoms with Gasteiger partial charge in [0.25, 0.3) is 0 Å². The van der Waals surface area contributed by atoms with Crippen molar-refractivity contribution in [3.8, 4) is 6.07 Å². The number of aryl methyl sites for hydroxylation is 1. The molecule has 25 heavy (non-hydrogen) atoms. The van der Waals surface area contributed by atoms with Gasteiger partial charge in [-0.2, -0.15) is 5.26 Å². The van der Waals surface area contributed by atoms with E-state index in [9.17, 15) is 5.26 Å². The molecule has 1 aliphatic heterocycles. The molecule has 2 aromatic heterocycles. The number of halogens is 1. The minimum absolute atomic E-state index is 0.729. The standard InChI is InChI=1S/C19H17ClN4S/c20-14-7-5-13(6-8-14)11-25-19-18-17(22-12-23-19)15(10-21)16-4-2-1-3-9-24(16)18/h5-8,12H,1-4,9,11H2. The van der Waals surface area contributed by atoms with Gasteiger partial charge < -0.3 is 4.57 Å². The van der Waals surface area contributed by atoms with Crippen molar-refractivity contribution in [3.63, 3.8) is 0 Å². The van der Waals surface area contributed by atoms with Gasteiger partial charge >= 0.3 is 0 Å². The third kappa shape index (κ3) is 3.12. The molecule has 0 saturated heterocycles. The van der Waals surface area contributed by atoms with Crippen molar-refractivity contribution in [2.45, 2.75) is 43.0 Å². The van der Waals surface area contributed by atoms with E-state index in [2.05, 4.69) is 20.6 Å².